The van der Waals surface area contributed by atoms with Crippen molar-refractivity contribution >= 4 is 23.4 Å². The molecule has 0 radical (unpaired) electrons. The summed E-state index contributed by atoms with van der Waals surface area (Å²) in [5, 5.41) is 5.43. The van der Waals surface area contributed by atoms with Gasteiger partial charge in [0, 0.05) is 19.2 Å². The average molecular weight is 303 g/mol. The first-order valence-electron chi connectivity index (χ1n) is 7.29. The highest BCUT2D eigenvalue weighted by molar-refractivity contribution is 5.97. The predicted molar refractivity (Wildman–Crippen MR) is 83.3 cm³/mol. The summed E-state index contributed by atoms with van der Waals surface area (Å²) in [6, 6.07) is 5.18. The fourth-order valence-corrected chi connectivity index (χ4v) is 2.43. The number of amides is 3. The summed E-state index contributed by atoms with van der Waals surface area (Å²) in [6.45, 7) is 3.87. The molecule has 1 aromatic carbocycles. The fourth-order valence-electron chi connectivity index (χ4n) is 2.43. The molecule has 2 rings (SSSR count). The van der Waals surface area contributed by atoms with Crippen molar-refractivity contribution in [2.45, 2.75) is 32.7 Å². The van der Waals surface area contributed by atoms with Crippen molar-refractivity contribution in [3.8, 4) is 0 Å². The fraction of sp³-hybridized carbons (Fsp3) is 0.438. The zero-order valence-electron chi connectivity index (χ0n) is 13.1. The van der Waals surface area contributed by atoms with E-state index in [0.29, 0.717) is 12.8 Å². The summed E-state index contributed by atoms with van der Waals surface area (Å²) in [5.41, 5.74) is 2.85. The van der Waals surface area contributed by atoms with Gasteiger partial charge in [-0.05, 0) is 37.5 Å². The molecule has 0 aliphatic carbocycles. The zero-order chi connectivity index (χ0) is 16.3. The van der Waals surface area contributed by atoms with Crippen molar-refractivity contribution in [2.75, 3.05) is 18.9 Å². The molecule has 1 heterocycles. The van der Waals surface area contributed by atoms with Crippen molar-refractivity contribution in [2.24, 2.45) is 0 Å². The Morgan fingerprint density at radius 1 is 1.36 bits per heavy atom. The van der Waals surface area contributed by atoms with Gasteiger partial charge in [-0.1, -0.05) is 12.1 Å². The van der Waals surface area contributed by atoms with Gasteiger partial charge in [0.05, 0.1) is 6.54 Å². The molecule has 1 saturated heterocycles. The van der Waals surface area contributed by atoms with E-state index in [1.807, 2.05) is 32.0 Å². The topological polar surface area (TPSA) is 78.5 Å². The zero-order valence-corrected chi connectivity index (χ0v) is 13.1. The molecule has 0 aromatic heterocycles. The summed E-state index contributed by atoms with van der Waals surface area (Å²) in [5.74, 6) is -0.609. The Labute approximate surface area is 129 Å². The van der Waals surface area contributed by atoms with Crippen molar-refractivity contribution in [3.05, 3.63) is 29.3 Å². The van der Waals surface area contributed by atoms with Crippen LogP contribution in [0.4, 0.5) is 5.69 Å². The Morgan fingerprint density at radius 3 is 2.73 bits per heavy atom. The van der Waals surface area contributed by atoms with Crippen LogP contribution in [0.2, 0.25) is 0 Å². The minimum atomic E-state index is -0.508. The number of nitrogens with one attached hydrogen (secondary N) is 2. The molecule has 2 N–H and O–H groups in total. The molecule has 1 aliphatic heterocycles. The number of nitrogens with zero attached hydrogens (tertiary/aromatic N) is 1. The lowest BCUT2D eigenvalue weighted by molar-refractivity contribution is -0.135. The van der Waals surface area contributed by atoms with E-state index in [2.05, 4.69) is 10.6 Å². The molecule has 6 nitrogen and oxygen atoms in total. The number of hydrogen-bond acceptors (Lipinski definition) is 3. The van der Waals surface area contributed by atoms with Gasteiger partial charge >= 0.3 is 0 Å². The smallest absolute Gasteiger partial charge is 0.245 e. The van der Waals surface area contributed by atoms with Crippen LogP contribution < -0.4 is 10.6 Å². The Kier molecular flexibility index (Phi) is 4.80. The number of carbonyl (C=O) groups excluding carboxylic acids is 3. The van der Waals surface area contributed by atoms with Crippen molar-refractivity contribution < 1.29 is 14.4 Å². The van der Waals surface area contributed by atoms with Crippen LogP contribution >= 0.6 is 0 Å². The van der Waals surface area contributed by atoms with Crippen molar-refractivity contribution in [1.29, 1.82) is 0 Å². The van der Waals surface area contributed by atoms with Crippen molar-refractivity contribution in [1.82, 2.24) is 10.2 Å². The summed E-state index contributed by atoms with van der Waals surface area (Å²) < 4.78 is 0. The van der Waals surface area contributed by atoms with Crippen LogP contribution in [-0.2, 0) is 14.4 Å². The molecule has 118 valence electrons. The molecular formula is C16H21N3O3. The highest BCUT2D eigenvalue weighted by atomic mass is 16.2. The van der Waals surface area contributed by atoms with E-state index in [9.17, 15) is 14.4 Å². The number of rotatable bonds is 4. The van der Waals surface area contributed by atoms with E-state index in [0.717, 1.165) is 16.8 Å². The minimum absolute atomic E-state index is 0.0431. The maximum Gasteiger partial charge on any atom is 0.245 e. The summed E-state index contributed by atoms with van der Waals surface area (Å²) in [7, 11) is 1.56. The molecule has 22 heavy (non-hydrogen) atoms. The van der Waals surface area contributed by atoms with Gasteiger partial charge in [-0.3, -0.25) is 14.4 Å². The van der Waals surface area contributed by atoms with E-state index >= 15 is 0 Å². The SMILES string of the molecule is Cc1cccc(NC(=O)CN(C)C(=O)[C@H]2CCC(=O)N2)c1C. The van der Waals surface area contributed by atoms with E-state index in [1.54, 1.807) is 7.05 Å². The maximum absolute atomic E-state index is 12.1. The monoisotopic (exact) mass is 303 g/mol. The molecule has 1 aromatic rings. The highest BCUT2D eigenvalue weighted by Gasteiger charge is 2.29. The Balaban J connectivity index is 1.92. The Morgan fingerprint density at radius 2 is 2.09 bits per heavy atom. The van der Waals surface area contributed by atoms with Gasteiger partial charge in [0.25, 0.3) is 0 Å². The third-order valence-corrected chi connectivity index (χ3v) is 3.93. The van der Waals surface area contributed by atoms with Crippen molar-refractivity contribution in [3.63, 3.8) is 0 Å². The van der Waals surface area contributed by atoms with E-state index < -0.39 is 6.04 Å². The predicted octanol–water partition coefficient (Wildman–Crippen LogP) is 0.979. The number of aryl methyl sites for hydroxylation is 1. The van der Waals surface area contributed by atoms with Crippen LogP contribution in [0.3, 0.4) is 0 Å². The first-order valence-corrected chi connectivity index (χ1v) is 7.29. The van der Waals surface area contributed by atoms with E-state index in [4.69, 9.17) is 0 Å². The lowest BCUT2D eigenvalue weighted by Gasteiger charge is -2.20. The number of benzene rings is 1. The van der Waals surface area contributed by atoms with Crippen LogP contribution in [0, 0.1) is 13.8 Å². The van der Waals surface area contributed by atoms with Gasteiger partial charge in [0.2, 0.25) is 17.7 Å². The maximum atomic E-state index is 12.1. The second kappa shape index (κ2) is 6.60. The molecule has 1 fully saturated rings. The molecule has 0 spiro atoms. The third kappa shape index (κ3) is 3.63. The molecule has 0 saturated carbocycles. The minimum Gasteiger partial charge on any atom is -0.344 e. The molecule has 0 unspecified atom stereocenters. The normalized spacial score (nSPS) is 17.0. The van der Waals surface area contributed by atoms with Gasteiger partial charge in [0.1, 0.15) is 6.04 Å². The number of anilines is 1. The first-order chi connectivity index (χ1) is 10.4. The Hall–Kier alpha value is -2.37. The van der Waals surface area contributed by atoms with Crippen LogP contribution in [0.25, 0.3) is 0 Å². The standard InChI is InChI=1S/C16H21N3O3/c1-10-5-4-6-12(11(10)2)17-15(21)9-19(3)16(22)13-7-8-14(20)18-13/h4-6,13H,7-9H2,1-3H3,(H,17,21)(H,18,20)/t13-/m1/s1. The molecular weight excluding hydrogens is 282 g/mol. The quantitative estimate of drug-likeness (QED) is 0.870. The lowest BCUT2D eigenvalue weighted by Crippen LogP contribution is -2.45. The summed E-state index contributed by atoms with van der Waals surface area (Å²) in [4.78, 5) is 36.7. The molecule has 1 atom stereocenters. The molecule has 0 bridgehead atoms. The molecule has 6 heteroatoms. The second-order valence-electron chi connectivity index (χ2n) is 5.65. The van der Waals surface area contributed by atoms with Crippen LogP contribution in [-0.4, -0.2) is 42.3 Å². The third-order valence-electron chi connectivity index (χ3n) is 3.93. The largest absolute Gasteiger partial charge is 0.344 e. The van der Waals surface area contributed by atoms with Crippen LogP contribution in [0.5, 0.6) is 0 Å². The highest BCUT2D eigenvalue weighted by Crippen LogP contribution is 2.18. The molecule has 3 amide bonds. The van der Waals surface area contributed by atoms with E-state index in [-0.39, 0.29) is 24.3 Å². The van der Waals surface area contributed by atoms with Crippen LogP contribution in [0.15, 0.2) is 18.2 Å². The molecule has 1 aliphatic rings. The van der Waals surface area contributed by atoms with E-state index in [1.165, 1.54) is 4.90 Å². The van der Waals surface area contributed by atoms with Gasteiger partial charge in [-0.15, -0.1) is 0 Å². The summed E-state index contributed by atoms with van der Waals surface area (Å²) >= 11 is 0. The van der Waals surface area contributed by atoms with Gasteiger partial charge in [0.15, 0.2) is 0 Å². The Bertz CT molecular complexity index is 613. The summed E-state index contributed by atoms with van der Waals surface area (Å²) in [6.07, 6.45) is 0.847. The van der Waals surface area contributed by atoms with Gasteiger partial charge in [-0.2, -0.15) is 0 Å². The van der Waals surface area contributed by atoms with Gasteiger partial charge in [-0.25, -0.2) is 0 Å². The van der Waals surface area contributed by atoms with Gasteiger partial charge < -0.3 is 15.5 Å². The number of likely N-dealkylation sites (N-methyl/N-ethyl adjacent to an activating group) is 1. The first kappa shape index (κ1) is 16.0. The number of carbonyl (C=O) groups is 3. The average Bonchev–Trinajstić information content (AvgIpc) is 2.89. The number of hydrogen-bond donors (Lipinski definition) is 2. The lowest BCUT2D eigenvalue weighted by atomic mass is 10.1. The van der Waals surface area contributed by atoms with Crippen LogP contribution in [0.1, 0.15) is 24.0 Å². The second-order valence-corrected chi connectivity index (χ2v) is 5.65.